The first-order valence-electron chi connectivity index (χ1n) is 20.9. The monoisotopic (exact) mass is 662 g/mol. The number of nitrogens with two attached hydrogens (primary N) is 1. The molecule has 0 spiro atoms. The van der Waals surface area contributed by atoms with E-state index in [1.54, 1.807) is 11.1 Å². The van der Waals surface area contributed by atoms with Crippen molar-refractivity contribution in [2.24, 2.45) is 47.3 Å². The highest BCUT2D eigenvalue weighted by Crippen LogP contribution is 2.49. The number of rotatable bonds is 5. The van der Waals surface area contributed by atoms with E-state index in [0.717, 1.165) is 35.5 Å². The molecule has 12 unspecified atom stereocenters. The fourth-order valence-electron chi connectivity index (χ4n) is 12.6. The van der Waals surface area contributed by atoms with Crippen molar-refractivity contribution in [1.29, 1.82) is 0 Å². The molecular formula is C44H64N3Si+. The predicted molar refractivity (Wildman–Crippen MR) is 202 cm³/mol. The van der Waals surface area contributed by atoms with Crippen molar-refractivity contribution in [2.45, 2.75) is 141 Å². The molecule has 12 atom stereocenters. The van der Waals surface area contributed by atoms with Crippen LogP contribution >= 0.6 is 0 Å². The second kappa shape index (κ2) is 14.1. The molecule has 2 heterocycles. The van der Waals surface area contributed by atoms with E-state index in [4.69, 9.17) is 0 Å². The van der Waals surface area contributed by atoms with Crippen LogP contribution in [0.4, 0.5) is 0 Å². The van der Waals surface area contributed by atoms with Crippen LogP contribution < -0.4 is 16.0 Å². The molecular weight excluding hydrogens is 599 g/mol. The smallest absolute Gasteiger partial charge is 0.148 e. The van der Waals surface area contributed by atoms with Gasteiger partial charge >= 0.3 is 0 Å². The van der Waals surface area contributed by atoms with Crippen LogP contribution in [0, 0.1) is 47.3 Å². The minimum absolute atomic E-state index is 0.420. The van der Waals surface area contributed by atoms with Gasteiger partial charge in [0.25, 0.3) is 0 Å². The quantitative estimate of drug-likeness (QED) is 0.204. The molecule has 0 aromatic heterocycles. The van der Waals surface area contributed by atoms with Gasteiger partial charge in [-0.05, 0) is 125 Å². The summed E-state index contributed by atoms with van der Waals surface area (Å²) in [4.78, 5) is 0. The summed E-state index contributed by atoms with van der Waals surface area (Å²) >= 11 is 0. The summed E-state index contributed by atoms with van der Waals surface area (Å²) in [6.07, 6.45) is 49.3. The minimum atomic E-state index is -0.931. The Hall–Kier alpha value is -1.72. The van der Waals surface area contributed by atoms with Crippen molar-refractivity contribution in [3.8, 4) is 0 Å². The first kappa shape index (κ1) is 32.2. The Kier molecular flexibility index (Phi) is 9.48. The molecule has 48 heavy (non-hydrogen) atoms. The molecule has 0 bridgehead atoms. The van der Waals surface area contributed by atoms with E-state index < -0.39 is 8.80 Å². The van der Waals surface area contributed by atoms with Crippen LogP contribution in [0.5, 0.6) is 0 Å². The van der Waals surface area contributed by atoms with E-state index in [0.29, 0.717) is 30.3 Å². The summed E-state index contributed by atoms with van der Waals surface area (Å²) in [7, 11) is -0.931. The Morgan fingerprint density at radius 2 is 1.62 bits per heavy atom. The van der Waals surface area contributed by atoms with Crippen LogP contribution in [0.3, 0.4) is 0 Å². The van der Waals surface area contributed by atoms with Crippen LogP contribution in [0.2, 0.25) is 6.55 Å². The molecule has 2 aliphatic heterocycles. The van der Waals surface area contributed by atoms with E-state index in [1.165, 1.54) is 116 Å². The summed E-state index contributed by atoms with van der Waals surface area (Å²) in [5.41, 5.74) is 5.34. The Balaban J connectivity index is 0.924. The highest BCUT2D eigenvalue weighted by Gasteiger charge is 2.46. The Morgan fingerprint density at radius 3 is 2.48 bits per heavy atom. The standard InChI is InChI=1S/C44H63N3Si/c1-48-40-17-8-7-15-38(40)39-28-35(26-27-41(39)48)44-46-42(33-22-18-30(19-23-33)29-10-3-2-4-11-29)45-43(47-44)34-24-20-32(21-25-34)37-16-9-13-31-12-5-6-14-36(31)37/h2-3,8,17-18,20-21,24,27,29,31,33-37,39,42-48H,4-7,9-16,19,22-23,25-26,28H2,1H3/p+1. The van der Waals surface area contributed by atoms with Crippen molar-refractivity contribution in [3.05, 3.63) is 81.8 Å². The fourth-order valence-corrected chi connectivity index (χ4v) is 15.7. The molecule has 0 radical (unpaired) electrons. The molecule has 7 aliphatic carbocycles. The van der Waals surface area contributed by atoms with E-state index in [1.807, 2.05) is 16.0 Å². The van der Waals surface area contributed by atoms with Gasteiger partial charge in [-0.3, -0.25) is 10.6 Å². The number of hydrogen-bond acceptors (Lipinski definition) is 2. The lowest BCUT2D eigenvalue weighted by Gasteiger charge is -2.46. The Labute approximate surface area is 293 Å². The highest BCUT2D eigenvalue weighted by molar-refractivity contribution is 6.75. The maximum absolute atomic E-state index is 4.32. The predicted octanol–water partition coefficient (Wildman–Crippen LogP) is 8.46. The van der Waals surface area contributed by atoms with Crippen molar-refractivity contribution >= 4 is 8.80 Å². The second-order valence-corrected chi connectivity index (χ2v) is 20.4. The molecule has 9 rings (SSSR count). The number of hydrogen-bond donors (Lipinski definition) is 3. The first-order chi connectivity index (χ1) is 23.7. The van der Waals surface area contributed by atoms with E-state index in [2.05, 4.69) is 77.2 Å². The topological polar surface area (TPSA) is 40.7 Å². The van der Waals surface area contributed by atoms with Gasteiger partial charge in [0.15, 0.2) is 0 Å². The third-order valence-corrected chi connectivity index (χ3v) is 18.4. The maximum Gasteiger partial charge on any atom is 0.148 e. The number of quaternary nitrogens is 1. The zero-order valence-corrected chi connectivity index (χ0v) is 31.1. The van der Waals surface area contributed by atoms with Gasteiger partial charge in [0, 0.05) is 11.8 Å². The lowest BCUT2D eigenvalue weighted by atomic mass is 9.63. The van der Waals surface area contributed by atoms with Crippen molar-refractivity contribution in [3.63, 3.8) is 0 Å². The summed E-state index contributed by atoms with van der Waals surface area (Å²) in [6.45, 7) is 2.62. The van der Waals surface area contributed by atoms with Gasteiger partial charge in [-0.15, -0.1) is 0 Å². The second-order valence-electron chi connectivity index (χ2n) is 17.7. The molecule has 9 aliphatic rings. The largest absolute Gasteiger partial charge is 0.316 e. The third kappa shape index (κ3) is 6.24. The molecule has 3 fully saturated rings. The maximum atomic E-state index is 4.32. The molecule has 2 saturated carbocycles. The summed E-state index contributed by atoms with van der Waals surface area (Å²) in [5, 5.41) is 15.1. The third-order valence-electron chi connectivity index (χ3n) is 15.3. The molecule has 258 valence electrons. The Bertz CT molecular complexity index is 1430. The van der Waals surface area contributed by atoms with Gasteiger partial charge in [0.1, 0.15) is 12.3 Å². The zero-order valence-electron chi connectivity index (χ0n) is 29.9. The average Bonchev–Trinajstić information content (AvgIpc) is 3.45. The lowest BCUT2D eigenvalue weighted by molar-refractivity contribution is -0.753. The van der Waals surface area contributed by atoms with Gasteiger partial charge in [-0.1, -0.05) is 115 Å². The normalized spacial score (nSPS) is 44.3. The van der Waals surface area contributed by atoms with Gasteiger partial charge in [-0.25, -0.2) is 0 Å². The minimum Gasteiger partial charge on any atom is -0.316 e. The number of nitrogens with one attached hydrogen (secondary N) is 2. The van der Waals surface area contributed by atoms with E-state index >= 15 is 0 Å². The van der Waals surface area contributed by atoms with Crippen molar-refractivity contribution in [2.75, 3.05) is 0 Å². The molecule has 0 amide bonds. The molecule has 0 aromatic carbocycles. The lowest BCUT2D eigenvalue weighted by Crippen LogP contribution is -3.07. The van der Waals surface area contributed by atoms with Gasteiger partial charge in [-0.2, -0.15) is 0 Å². The van der Waals surface area contributed by atoms with Gasteiger partial charge < -0.3 is 5.32 Å². The average molecular weight is 663 g/mol. The van der Waals surface area contributed by atoms with Crippen LogP contribution in [-0.4, -0.2) is 27.3 Å². The summed E-state index contributed by atoms with van der Waals surface area (Å²) in [5.74, 6) is 6.39. The van der Waals surface area contributed by atoms with Crippen molar-refractivity contribution in [1.82, 2.24) is 10.6 Å². The molecule has 0 aromatic rings. The van der Waals surface area contributed by atoms with E-state index in [-0.39, 0.29) is 0 Å². The van der Waals surface area contributed by atoms with Gasteiger partial charge in [0.2, 0.25) is 0 Å². The molecule has 1 saturated heterocycles. The van der Waals surface area contributed by atoms with Gasteiger partial charge in [0.05, 0.1) is 15.0 Å². The van der Waals surface area contributed by atoms with Crippen LogP contribution in [0.25, 0.3) is 0 Å². The molecule has 4 heteroatoms. The summed E-state index contributed by atoms with van der Waals surface area (Å²) in [6, 6.07) is 0. The molecule has 3 nitrogen and oxygen atoms in total. The highest BCUT2D eigenvalue weighted by atomic mass is 28.3. The SMILES string of the molecule is C[SiH]1C2=CCC(C3NC(C4CC=C(C5CC=CCC5)CC4)NC(C4C=CC(C5CCCC6CCCCC65)=CC4)[NH2+]3)CC2C2=C1C=CCC2. The summed E-state index contributed by atoms with van der Waals surface area (Å²) < 4.78 is 0. The van der Waals surface area contributed by atoms with Crippen LogP contribution in [0.1, 0.15) is 116 Å². The number of allylic oxidation sites excluding steroid dienone is 13. The Morgan fingerprint density at radius 1 is 0.729 bits per heavy atom. The molecule has 4 N–H and O–H groups in total. The van der Waals surface area contributed by atoms with Crippen LogP contribution in [-0.2, 0) is 0 Å². The fraction of sp³-hybridized carbons (Fsp3) is 0.682. The van der Waals surface area contributed by atoms with Crippen LogP contribution in [0.15, 0.2) is 81.8 Å². The van der Waals surface area contributed by atoms with E-state index in [9.17, 15) is 0 Å². The first-order valence-corrected chi connectivity index (χ1v) is 23.2. The van der Waals surface area contributed by atoms with Crippen molar-refractivity contribution < 1.29 is 5.32 Å². The zero-order chi connectivity index (χ0) is 32.0. The number of fused-ring (bicyclic) bond motifs is 3.